The van der Waals surface area contributed by atoms with Crippen molar-refractivity contribution >= 4 is 28.8 Å². The second-order valence-electron chi connectivity index (χ2n) is 7.05. The van der Waals surface area contributed by atoms with Crippen molar-refractivity contribution in [3.8, 4) is 0 Å². The highest BCUT2D eigenvalue weighted by molar-refractivity contribution is 5.91. The number of rotatable bonds is 3. The van der Waals surface area contributed by atoms with Crippen LogP contribution in [0.3, 0.4) is 0 Å². The van der Waals surface area contributed by atoms with Gasteiger partial charge in [-0.25, -0.2) is 4.98 Å². The predicted octanol–water partition coefficient (Wildman–Crippen LogP) is 0.710. The minimum absolute atomic E-state index is 0.0362. The van der Waals surface area contributed by atoms with Crippen LogP contribution < -0.4 is 5.32 Å². The van der Waals surface area contributed by atoms with Gasteiger partial charge in [-0.2, -0.15) is 0 Å². The van der Waals surface area contributed by atoms with Crippen molar-refractivity contribution in [2.24, 2.45) is 0 Å². The van der Waals surface area contributed by atoms with Gasteiger partial charge in [0, 0.05) is 32.6 Å². The fourth-order valence-corrected chi connectivity index (χ4v) is 3.70. The molecule has 27 heavy (non-hydrogen) atoms. The molecule has 1 atom stereocenters. The summed E-state index contributed by atoms with van der Waals surface area (Å²) in [6.07, 6.45) is 3.39. The van der Waals surface area contributed by atoms with Crippen molar-refractivity contribution in [3.05, 3.63) is 30.2 Å². The summed E-state index contributed by atoms with van der Waals surface area (Å²) < 4.78 is 5.29. The SMILES string of the molecule is O=C1CCC(C(=O)N2CCCN(C(=O)Cc3ccc4ncoc4c3)CC2)N1. The van der Waals surface area contributed by atoms with Crippen LogP contribution in [0, 0.1) is 0 Å². The van der Waals surface area contributed by atoms with E-state index < -0.39 is 6.04 Å². The molecule has 0 radical (unpaired) electrons. The maximum absolute atomic E-state index is 12.7. The van der Waals surface area contributed by atoms with Crippen molar-refractivity contribution in [1.29, 1.82) is 0 Å². The summed E-state index contributed by atoms with van der Waals surface area (Å²) in [7, 11) is 0. The van der Waals surface area contributed by atoms with E-state index in [4.69, 9.17) is 4.42 Å². The number of carbonyl (C=O) groups excluding carboxylic acids is 3. The Labute approximate surface area is 156 Å². The Bertz CT molecular complexity index is 877. The average molecular weight is 370 g/mol. The highest BCUT2D eigenvalue weighted by Crippen LogP contribution is 2.16. The quantitative estimate of drug-likeness (QED) is 0.858. The van der Waals surface area contributed by atoms with E-state index in [0.717, 1.165) is 17.5 Å². The number of hydrogen-bond donors (Lipinski definition) is 1. The first-order valence-corrected chi connectivity index (χ1v) is 9.28. The van der Waals surface area contributed by atoms with Gasteiger partial charge in [-0.05, 0) is 30.5 Å². The third-order valence-corrected chi connectivity index (χ3v) is 5.20. The fourth-order valence-electron chi connectivity index (χ4n) is 3.70. The third-order valence-electron chi connectivity index (χ3n) is 5.20. The first kappa shape index (κ1) is 17.5. The molecule has 8 nitrogen and oxygen atoms in total. The smallest absolute Gasteiger partial charge is 0.245 e. The van der Waals surface area contributed by atoms with Crippen molar-refractivity contribution in [2.45, 2.75) is 31.7 Å². The summed E-state index contributed by atoms with van der Waals surface area (Å²) in [6.45, 7) is 2.25. The Morgan fingerprint density at radius 1 is 1.19 bits per heavy atom. The average Bonchev–Trinajstić information content (AvgIpc) is 3.22. The Balaban J connectivity index is 1.35. The van der Waals surface area contributed by atoms with Gasteiger partial charge in [-0.15, -0.1) is 0 Å². The molecule has 1 unspecified atom stereocenters. The van der Waals surface area contributed by atoms with Gasteiger partial charge >= 0.3 is 0 Å². The molecule has 2 saturated heterocycles. The number of oxazole rings is 1. The molecule has 0 saturated carbocycles. The fraction of sp³-hybridized carbons (Fsp3) is 0.474. The van der Waals surface area contributed by atoms with Crippen molar-refractivity contribution in [3.63, 3.8) is 0 Å². The van der Waals surface area contributed by atoms with Crippen LogP contribution in [0.5, 0.6) is 0 Å². The van der Waals surface area contributed by atoms with Gasteiger partial charge < -0.3 is 19.5 Å². The predicted molar refractivity (Wildman–Crippen MR) is 96.7 cm³/mol. The monoisotopic (exact) mass is 370 g/mol. The molecule has 3 amide bonds. The van der Waals surface area contributed by atoms with Crippen LogP contribution in [0.4, 0.5) is 0 Å². The molecule has 3 heterocycles. The third kappa shape index (κ3) is 3.79. The number of aromatic nitrogens is 1. The van der Waals surface area contributed by atoms with E-state index >= 15 is 0 Å². The number of carbonyl (C=O) groups is 3. The zero-order chi connectivity index (χ0) is 18.8. The molecule has 0 spiro atoms. The van der Waals surface area contributed by atoms with Crippen molar-refractivity contribution < 1.29 is 18.8 Å². The standard InChI is InChI=1S/C19H22N4O4/c24-17-5-4-15(21-17)19(26)23-7-1-6-22(8-9-23)18(25)11-13-2-3-14-16(10-13)27-12-20-14/h2-3,10,12,15H,1,4-9,11H2,(H,21,24). The molecule has 2 aliphatic heterocycles. The van der Waals surface area contributed by atoms with E-state index in [1.807, 2.05) is 23.1 Å². The lowest BCUT2D eigenvalue weighted by Crippen LogP contribution is -2.46. The number of nitrogens with zero attached hydrogens (tertiary/aromatic N) is 3. The van der Waals surface area contributed by atoms with Gasteiger partial charge in [0.1, 0.15) is 11.6 Å². The van der Waals surface area contributed by atoms with E-state index in [0.29, 0.717) is 51.0 Å². The van der Waals surface area contributed by atoms with E-state index in [1.54, 1.807) is 4.90 Å². The van der Waals surface area contributed by atoms with Gasteiger partial charge in [0.2, 0.25) is 17.7 Å². The summed E-state index contributed by atoms with van der Waals surface area (Å²) >= 11 is 0. The minimum atomic E-state index is -0.409. The van der Waals surface area contributed by atoms with Crippen molar-refractivity contribution in [1.82, 2.24) is 20.1 Å². The lowest BCUT2D eigenvalue weighted by atomic mass is 10.1. The molecular formula is C19H22N4O4. The lowest BCUT2D eigenvalue weighted by molar-refractivity contribution is -0.135. The molecule has 1 aromatic carbocycles. The Morgan fingerprint density at radius 2 is 2.00 bits per heavy atom. The highest BCUT2D eigenvalue weighted by Gasteiger charge is 2.32. The van der Waals surface area contributed by atoms with Gasteiger partial charge in [0.15, 0.2) is 12.0 Å². The second kappa shape index (κ2) is 7.38. The maximum Gasteiger partial charge on any atom is 0.245 e. The number of hydrogen-bond acceptors (Lipinski definition) is 5. The van der Waals surface area contributed by atoms with Gasteiger partial charge in [0.25, 0.3) is 0 Å². The second-order valence-corrected chi connectivity index (χ2v) is 7.05. The Morgan fingerprint density at radius 3 is 2.81 bits per heavy atom. The molecule has 1 N–H and O–H groups in total. The van der Waals surface area contributed by atoms with Crippen LogP contribution in [-0.4, -0.2) is 64.7 Å². The highest BCUT2D eigenvalue weighted by atomic mass is 16.3. The first-order valence-electron chi connectivity index (χ1n) is 9.28. The van der Waals surface area contributed by atoms with Crippen LogP contribution >= 0.6 is 0 Å². The Kier molecular flexibility index (Phi) is 4.79. The van der Waals surface area contributed by atoms with Crippen LogP contribution in [0.25, 0.3) is 11.1 Å². The first-order chi connectivity index (χ1) is 13.1. The number of amides is 3. The molecule has 0 aliphatic carbocycles. The zero-order valence-electron chi connectivity index (χ0n) is 15.0. The minimum Gasteiger partial charge on any atom is -0.443 e. The molecule has 0 bridgehead atoms. The number of benzene rings is 1. The van der Waals surface area contributed by atoms with Crippen LogP contribution in [0.1, 0.15) is 24.8 Å². The molecule has 8 heteroatoms. The van der Waals surface area contributed by atoms with E-state index in [9.17, 15) is 14.4 Å². The number of nitrogens with one attached hydrogen (secondary N) is 1. The van der Waals surface area contributed by atoms with Gasteiger partial charge in [-0.1, -0.05) is 6.07 Å². The van der Waals surface area contributed by atoms with Crippen LogP contribution in [0.15, 0.2) is 29.0 Å². The van der Waals surface area contributed by atoms with E-state index in [1.165, 1.54) is 6.39 Å². The summed E-state index contributed by atoms with van der Waals surface area (Å²) in [5.41, 5.74) is 2.33. The number of fused-ring (bicyclic) bond motifs is 1. The largest absolute Gasteiger partial charge is 0.443 e. The molecule has 142 valence electrons. The van der Waals surface area contributed by atoms with Crippen LogP contribution in [-0.2, 0) is 20.8 Å². The van der Waals surface area contributed by atoms with Crippen molar-refractivity contribution in [2.75, 3.05) is 26.2 Å². The summed E-state index contributed by atoms with van der Waals surface area (Å²) in [6, 6.07) is 5.17. The van der Waals surface area contributed by atoms with E-state index in [2.05, 4.69) is 10.3 Å². The Hall–Kier alpha value is -2.90. The molecule has 2 fully saturated rings. The molecular weight excluding hydrogens is 348 g/mol. The molecule has 2 aromatic rings. The zero-order valence-corrected chi connectivity index (χ0v) is 15.0. The normalized spacial score (nSPS) is 20.6. The topological polar surface area (TPSA) is 95.8 Å². The summed E-state index contributed by atoms with van der Waals surface area (Å²) in [5.74, 6) is -0.0630. The summed E-state index contributed by atoms with van der Waals surface area (Å²) in [5, 5.41) is 2.73. The molecule has 4 rings (SSSR count). The summed E-state index contributed by atoms with van der Waals surface area (Å²) in [4.78, 5) is 44.2. The van der Waals surface area contributed by atoms with Gasteiger partial charge in [0.05, 0.1) is 6.42 Å². The lowest BCUT2D eigenvalue weighted by Gasteiger charge is -2.24. The maximum atomic E-state index is 12.7. The van der Waals surface area contributed by atoms with E-state index in [-0.39, 0.29) is 17.7 Å². The molecule has 2 aliphatic rings. The van der Waals surface area contributed by atoms with Gasteiger partial charge in [-0.3, -0.25) is 14.4 Å². The van der Waals surface area contributed by atoms with Crippen LogP contribution in [0.2, 0.25) is 0 Å². The molecule has 1 aromatic heterocycles.